The smallest absolute Gasteiger partial charge is 0.316 e. The molecule has 9 nitrogen and oxygen atoms in total. The first-order valence-electron chi connectivity index (χ1n) is 10.7. The zero-order valence-corrected chi connectivity index (χ0v) is 18.7. The topological polar surface area (TPSA) is 111 Å². The molecule has 4 aromatic rings. The molecule has 0 radical (unpaired) electrons. The molecule has 1 aliphatic rings. The third-order valence-electron chi connectivity index (χ3n) is 5.57. The average molecular weight is 497 g/mol. The SMILES string of the molecule is COc1cc(F)c(C2CNC(=O)C2Nc2nnc(-c3ccc(Oc4ccc(F)cn4)cc3)o2)c(F)c1. The van der Waals surface area contributed by atoms with Gasteiger partial charge in [-0.25, -0.2) is 18.2 Å². The van der Waals surface area contributed by atoms with Gasteiger partial charge < -0.3 is 24.5 Å². The van der Waals surface area contributed by atoms with Crippen LogP contribution in [0.15, 0.2) is 59.1 Å². The van der Waals surface area contributed by atoms with Gasteiger partial charge in [0, 0.05) is 41.8 Å². The zero-order chi connectivity index (χ0) is 25.2. The van der Waals surface area contributed by atoms with Gasteiger partial charge in [-0.1, -0.05) is 5.10 Å². The fourth-order valence-corrected chi connectivity index (χ4v) is 3.83. The third kappa shape index (κ3) is 4.65. The van der Waals surface area contributed by atoms with E-state index in [1.54, 1.807) is 24.3 Å². The molecule has 0 spiro atoms. The number of anilines is 1. The van der Waals surface area contributed by atoms with Gasteiger partial charge in [-0.3, -0.25) is 4.79 Å². The van der Waals surface area contributed by atoms with E-state index >= 15 is 0 Å². The molecule has 2 aromatic heterocycles. The Hall–Kier alpha value is -4.61. The van der Waals surface area contributed by atoms with Gasteiger partial charge in [0.2, 0.25) is 17.7 Å². The van der Waals surface area contributed by atoms with E-state index in [4.69, 9.17) is 13.9 Å². The lowest BCUT2D eigenvalue weighted by Gasteiger charge is -2.19. The number of hydrogen-bond donors (Lipinski definition) is 2. The summed E-state index contributed by atoms with van der Waals surface area (Å²) < 4.78 is 58.3. The van der Waals surface area contributed by atoms with E-state index in [0.717, 1.165) is 18.3 Å². The molecule has 0 saturated carbocycles. The Bertz CT molecular complexity index is 1370. The van der Waals surface area contributed by atoms with Crippen molar-refractivity contribution in [1.29, 1.82) is 0 Å². The Balaban J connectivity index is 1.31. The van der Waals surface area contributed by atoms with Crippen molar-refractivity contribution in [2.45, 2.75) is 12.0 Å². The minimum Gasteiger partial charge on any atom is -0.497 e. The molecule has 3 heterocycles. The lowest BCUT2D eigenvalue weighted by atomic mass is 9.93. The monoisotopic (exact) mass is 497 g/mol. The van der Waals surface area contributed by atoms with Gasteiger partial charge in [-0.2, -0.15) is 0 Å². The standard InChI is InChI=1S/C24H18F3N5O4/c1-34-15-8-17(26)20(18(27)9-15)16-11-29-22(33)21(16)30-24-32-31-23(36-24)12-2-5-14(6-3-12)35-19-7-4-13(25)10-28-19/h2-10,16,21H,11H2,1H3,(H,29,33)(H,30,32). The molecule has 2 N–H and O–H groups in total. The van der Waals surface area contributed by atoms with E-state index in [9.17, 15) is 18.0 Å². The van der Waals surface area contributed by atoms with Gasteiger partial charge in [0.15, 0.2) is 0 Å². The summed E-state index contributed by atoms with van der Waals surface area (Å²) in [5, 5.41) is 13.2. The summed E-state index contributed by atoms with van der Waals surface area (Å²) >= 11 is 0. The Labute approximate surface area is 202 Å². The molecule has 2 aromatic carbocycles. The van der Waals surface area contributed by atoms with Crippen molar-refractivity contribution in [1.82, 2.24) is 20.5 Å². The highest BCUT2D eigenvalue weighted by molar-refractivity contribution is 5.88. The molecule has 2 atom stereocenters. The minimum absolute atomic E-state index is 0.0159. The number of pyridine rings is 1. The van der Waals surface area contributed by atoms with Gasteiger partial charge in [0.05, 0.1) is 13.3 Å². The number of ether oxygens (including phenoxy) is 2. The van der Waals surface area contributed by atoms with Crippen molar-refractivity contribution in [3.63, 3.8) is 0 Å². The fourth-order valence-electron chi connectivity index (χ4n) is 3.83. The third-order valence-corrected chi connectivity index (χ3v) is 5.57. The predicted octanol–water partition coefficient (Wildman–Crippen LogP) is 4.04. The molecule has 1 aliphatic heterocycles. The van der Waals surface area contributed by atoms with Crippen LogP contribution in [0.4, 0.5) is 19.2 Å². The van der Waals surface area contributed by atoms with Crippen LogP contribution in [-0.4, -0.2) is 40.8 Å². The second-order valence-electron chi connectivity index (χ2n) is 7.83. The lowest BCUT2D eigenvalue weighted by molar-refractivity contribution is -0.119. The van der Waals surface area contributed by atoms with Crippen molar-refractivity contribution in [2.24, 2.45) is 0 Å². The van der Waals surface area contributed by atoms with Crippen LogP contribution < -0.4 is 20.1 Å². The molecule has 1 amide bonds. The first kappa shape index (κ1) is 23.1. The number of methoxy groups -OCH3 is 1. The van der Waals surface area contributed by atoms with Crippen LogP contribution in [0.1, 0.15) is 11.5 Å². The van der Waals surface area contributed by atoms with Gasteiger partial charge in [0.25, 0.3) is 0 Å². The summed E-state index contributed by atoms with van der Waals surface area (Å²) in [5.41, 5.74) is 0.298. The molecule has 1 saturated heterocycles. The molecule has 1 fully saturated rings. The number of halogens is 3. The summed E-state index contributed by atoms with van der Waals surface area (Å²) in [6, 6.07) is 10.2. The highest BCUT2D eigenvalue weighted by Gasteiger charge is 2.40. The number of carbonyl (C=O) groups is 1. The van der Waals surface area contributed by atoms with Crippen molar-refractivity contribution in [3.05, 3.63) is 77.7 Å². The van der Waals surface area contributed by atoms with Crippen LogP contribution in [0.3, 0.4) is 0 Å². The number of carbonyl (C=O) groups excluding carboxylic acids is 1. The number of nitrogens with zero attached hydrogens (tertiary/aromatic N) is 3. The van der Waals surface area contributed by atoms with Crippen molar-refractivity contribution in [3.8, 4) is 28.8 Å². The highest BCUT2D eigenvalue weighted by atomic mass is 19.1. The minimum atomic E-state index is -1.05. The Kier molecular flexibility index (Phi) is 6.15. The first-order chi connectivity index (χ1) is 17.4. The molecule has 5 rings (SSSR count). The number of nitrogens with one attached hydrogen (secondary N) is 2. The fraction of sp³-hybridized carbons (Fsp3) is 0.167. The van der Waals surface area contributed by atoms with Gasteiger partial charge in [-0.15, -0.1) is 5.10 Å². The summed E-state index contributed by atoms with van der Waals surface area (Å²) in [7, 11) is 1.30. The maximum absolute atomic E-state index is 14.6. The number of amides is 1. The van der Waals surface area contributed by atoms with Crippen molar-refractivity contribution < 1.29 is 31.9 Å². The number of benzene rings is 2. The zero-order valence-electron chi connectivity index (χ0n) is 18.7. The van der Waals surface area contributed by atoms with Gasteiger partial charge >= 0.3 is 6.01 Å². The van der Waals surface area contributed by atoms with E-state index in [1.165, 1.54) is 19.2 Å². The Morgan fingerprint density at radius 2 is 1.78 bits per heavy atom. The van der Waals surface area contributed by atoms with Crippen LogP contribution >= 0.6 is 0 Å². The number of hydrogen-bond acceptors (Lipinski definition) is 8. The summed E-state index contributed by atoms with van der Waals surface area (Å²) in [6.45, 7) is 0.0159. The second kappa shape index (κ2) is 9.56. The normalized spacial score (nSPS) is 17.1. The maximum Gasteiger partial charge on any atom is 0.316 e. The summed E-state index contributed by atoms with van der Waals surface area (Å²) in [4.78, 5) is 16.2. The van der Waals surface area contributed by atoms with Crippen LogP contribution in [0.2, 0.25) is 0 Å². The van der Waals surface area contributed by atoms with Crippen LogP contribution in [0.5, 0.6) is 17.4 Å². The van der Waals surface area contributed by atoms with Crippen molar-refractivity contribution >= 4 is 11.9 Å². The molecular formula is C24H18F3N5O4. The Morgan fingerprint density at radius 3 is 2.44 bits per heavy atom. The van der Waals surface area contributed by atoms with E-state index in [-0.39, 0.29) is 35.6 Å². The largest absolute Gasteiger partial charge is 0.497 e. The average Bonchev–Trinajstić information content (AvgIpc) is 3.48. The van der Waals surface area contributed by atoms with E-state index in [2.05, 4.69) is 25.8 Å². The van der Waals surface area contributed by atoms with Crippen LogP contribution in [0, 0.1) is 17.5 Å². The lowest BCUT2D eigenvalue weighted by Crippen LogP contribution is -2.33. The molecule has 0 bridgehead atoms. The van der Waals surface area contributed by atoms with E-state index in [1.807, 2.05) is 0 Å². The first-order valence-corrected chi connectivity index (χ1v) is 10.7. The second-order valence-corrected chi connectivity index (χ2v) is 7.83. The van der Waals surface area contributed by atoms with Crippen LogP contribution in [0.25, 0.3) is 11.5 Å². The predicted molar refractivity (Wildman–Crippen MR) is 120 cm³/mol. The molecule has 2 unspecified atom stereocenters. The molecule has 12 heteroatoms. The molecule has 184 valence electrons. The number of aromatic nitrogens is 3. The quantitative estimate of drug-likeness (QED) is 0.394. The van der Waals surface area contributed by atoms with Crippen LogP contribution in [-0.2, 0) is 4.79 Å². The Morgan fingerprint density at radius 1 is 1.03 bits per heavy atom. The highest BCUT2D eigenvalue weighted by Crippen LogP contribution is 2.33. The van der Waals surface area contributed by atoms with Gasteiger partial charge in [0.1, 0.15) is 35.0 Å². The maximum atomic E-state index is 14.6. The summed E-state index contributed by atoms with van der Waals surface area (Å²) in [5.74, 6) is -2.62. The van der Waals surface area contributed by atoms with E-state index < -0.39 is 35.3 Å². The molecule has 0 aliphatic carbocycles. The number of rotatable bonds is 7. The van der Waals surface area contributed by atoms with E-state index in [0.29, 0.717) is 11.3 Å². The summed E-state index contributed by atoms with van der Waals surface area (Å²) in [6.07, 6.45) is 1.04. The molecule has 36 heavy (non-hydrogen) atoms. The van der Waals surface area contributed by atoms with Gasteiger partial charge in [-0.05, 0) is 30.3 Å². The molecular weight excluding hydrogens is 479 g/mol. The van der Waals surface area contributed by atoms with Crippen molar-refractivity contribution in [2.75, 3.05) is 19.0 Å².